The molecule has 0 saturated heterocycles. The van der Waals surface area contributed by atoms with Gasteiger partial charge >= 0.3 is 0 Å². The third kappa shape index (κ3) is 2.25. The largest absolute Gasteiger partial charge is 0.369 e. The lowest BCUT2D eigenvalue weighted by Gasteiger charge is -2.02. The van der Waals surface area contributed by atoms with Crippen molar-refractivity contribution in [2.45, 2.75) is 6.54 Å². The quantitative estimate of drug-likeness (QED) is 0.762. The van der Waals surface area contributed by atoms with Crippen molar-refractivity contribution in [3.63, 3.8) is 0 Å². The molecular formula is C14H10N8. The van der Waals surface area contributed by atoms with Gasteiger partial charge in [-0.1, -0.05) is 18.2 Å². The second-order valence-electron chi connectivity index (χ2n) is 4.42. The number of hydrogen-bond donors (Lipinski definition) is 1. The van der Waals surface area contributed by atoms with E-state index in [1.807, 2.05) is 42.5 Å². The number of rotatable bonds is 3. The average Bonchev–Trinajstić information content (AvgIpc) is 3.14. The van der Waals surface area contributed by atoms with E-state index >= 15 is 0 Å². The first-order valence-corrected chi connectivity index (χ1v) is 6.35. The Labute approximate surface area is 125 Å². The molecule has 3 aromatic rings. The summed E-state index contributed by atoms with van der Waals surface area (Å²) in [7, 11) is 0. The number of nitrogens with zero attached hydrogens (tertiary/aromatic N) is 7. The zero-order valence-electron chi connectivity index (χ0n) is 11.4. The third-order valence-corrected chi connectivity index (χ3v) is 3.07. The lowest BCUT2D eigenvalue weighted by molar-refractivity contribution is 0.733. The van der Waals surface area contributed by atoms with E-state index in [1.54, 1.807) is 11.0 Å². The molecule has 0 amide bonds. The molecular weight excluding hydrogens is 280 g/mol. The Kier molecular flexibility index (Phi) is 3.26. The van der Waals surface area contributed by atoms with Gasteiger partial charge in [-0.25, -0.2) is 14.6 Å². The molecule has 0 aliphatic rings. The van der Waals surface area contributed by atoms with E-state index < -0.39 is 0 Å². The van der Waals surface area contributed by atoms with Gasteiger partial charge in [-0.15, -0.1) is 5.10 Å². The van der Waals surface area contributed by atoms with Gasteiger partial charge in [-0.05, 0) is 12.1 Å². The van der Waals surface area contributed by atoms with Gasteiger partial charge in [0.15, 0.2) is 17.2 Å². The maximum absolute atomic E-state index is 9.14. The molecule has 2 N–H and O–H groups in total. The summed E-state index contributed by atoms with van der Waals surface area (Å²) in [6.45, 7) is 0.170. The predicted octanol–water partition coefficient (Wildman–Crippen LogP) is 0.838. The molecule has 0 bridgehead atoms. The number of para-hydroxylation sites is 1. The van der Waals surface area contributed by atoms with Gasteiger partial charge in [0.25, 0.3) is 0 Å². The second kappa shape index (κ2) is 5.38. The van der Waals surface area contributed by atoms with E-state index in [0.29, 0.717) is 5.82 Å². The summed E-state index contributed by atoms with van der Waals surface area (Å²) in [6, 6.07) is 13.3. The summed E-state index contributed by atoms with van der Waals surface area (Å²) in [4.78, 5) is 8.05. The van der Waals surface area contributed by atoms with Crippen LogP contribution in [0.5, 0.6) is 0 Å². The van der Waals surface area contributed by atoms with Crippen LogP contribution in [0.1, 0.15) is 17.2 Å². The normalized spacial score (nSPS) is 10.1. The number of benzene rings is 1. The summed E-state index contributed by atoms with van der Waals surface area (Å²) in [5.74, 6) is 0.554. The van der Waals surface area contributed by atoms with Crippen molar-refractivity contribution in [1.29, 1.82) is 10.5 Å². The van der Waals surface area contributed by atoms with Gasteiger partial charge in [0.2, 0.25) is 5.95 Å². The Morgan fingerprint density at radius 3 is 2.59 bits per heavy atom. The lowest BCUT2D eigenvalue weighted by Crippen LogP contribution is -2.08. The highest BCUT2D eigenvalue weighted by molar-refractivity contribution is 5.43. The predicted molar refractivity (Wildman–Crippen MR) is 76.5 cm³/mol. The molecule has 0 atom stereocenters. The number of nitrogen functional groups attached to an aromatic ring is 1. The molecule has 2 heterocycles. The fraction of sp³-hybridized carbons (Fsp3) is 0.0714. The van der Waals surface area contributed by atoms with Crippen LogP contribution in [-0.4, -0.2) is 24.3 Å². The molecule has 22 heavy (non-hydrogen) atoms. The fourth-order valence-electron chi connectivity index (χ4n) is 2.04. The number of anilines is 1. The number of nitriles is 2. The highest BCUT2D eigenvalue weighted by Crippen LogP contribution is 2.14. The first-order valence-electron chi connectivity index (χ1n) is 6.35. The molecule has 2 aromatic heterocycles. The summed E-state index contributed by atoms with van der Waals surface area (Å²) in [5.41, 5.74) is 6.73. The van der Waals surface area contributed by atoms with Crippen LogP contribution >= 0.6 is 0 Å². The van der Waals surface area contributed by atoms with E-state index in [-0.39, 0.29) is 23.9 Å². The highest BCUT2D eigenvalue weighted by atomic mass is 15.3. The maximum Gasteiger partial charge on any atom is 0.202 e. The SMILES string of the molecule is N#Cc1nc(N)n(Cc2ncn(-c3ccccc3)n2)c1C#N. The van der Waals surface area contributed by atoms with Crippen LogP contribution in [0.15, 0.2) is 36.7 Å². The number of aromatic nitrogens is 5. The molecule has 8 heteroatoms. The molecule has 0 spiro atoms. The van der Waals surface area contributed by atoms with Crippen LogP contribution in [0, 0.1) is 22.7 Å². The Bertz CT molecular complexity index is 891. The van der Waals surface area contributed by atoms with E-state index in [0.717, 1.165) is 5.69 Å². The molecule has 0 aliphatic heterocycles. The van der Waals surface area contributed by atoms with Crippen molar-refractivity contribution >= 4 is 5.95 Å². The van der Waals surface area contributed by atoms with E-state index in [4.69, 9.17) is 16.3 Å². The zero-order valence-corrected chi connectivity index (χ0v) is 11.4. The first kappa shape index (κ1) is 13.3. The third-order valence-electron chi connectivity index (χ3n) is 3.07. The Morgan fingerprint density at radius 1 is 1.14 bits per heavy atom. The van der Waals surface area contributed by atoms with Crippen LogP contribution < -0.4 is 5.73 Å². The van der Waals surface area contributed by atoms with Crippen molar-refractivity contribution in [3.8, 4) is 17.8 Å². The van der Waals surface area contributed by atoms with E-state index in [1.165, 1.54) is 4.57 Å². The molecule has 0 fully saturated rings. The van der Waals surface area contributed by atoms with Gasteiger partial charge in [0.05, 0.1) is 12.2 Å². The van der Waals surface area contributed by atoms with Crippen molar-refractivity contribution < 1.29 is 0 Å². The summed E-state index contributed by atoms with van der Waals surface area (Å²) >= 11 is 0. The Balaban J connectivity index is 1.93. The molecule has 1 aromatic carbocycles. The average molecular weight is 290 g/mol. The summed E-state index contributed by atoms with van der Waals surface area (Å²) < 4.78 is 3.04. The fourth-order valence-corrected chi connectivity index (χ4v) is 2.04. The Hall–Kier alpha value is -3.65. The van der Waals surface area contributed by atoms with Gasteiger partial charge in [-0.3, -0.25) is 4.57 Å². The lowest BCUT2D eigenvalue weighted by atomic mass is 10.3. The van der Waals surface area contributed by atoms with Crippen molar-refractivity contribution in [2.75, 3.05) is 5.73 Å². The summed E-state index contributed by atoms with van der Waals surface area (Å²) in [6.07, 6.45) is 1.58. The van der Waals surface area contributed by atoms with Gasteiger partial charge in [-0.2, -0.15) is 10.5 Å². The van der Waals surface area contributed by atoms with Crippen LogP contribution in [0.4, 0.5) is 5.95 Å². The minimum atomic E-state index is 0.00231. The van der Waals surface area contributed by atoms with Gasteiger partial charge < -0.3 is 5.73 Å². The van der Waals surface area contributed by atoms with Crippen LogP contribution in [-0.2, 0) is 6.54 Å². The summed E-state index contributed by atoms with van der Waals surface area (Å²) in [5, 5.41) is 22.4. The maximum atomic E-state index is 9.14. The zero-order chi connectivity index (χ0) is 15.5. The first-order chi connectivity index (χ1) is 10.7. The van der Waals surface area contributed by atoms with Crippen molar-refractivity contribution in [3.05, 3.63) is 53.9 Å². The number of imidazole rings is 1. The van der Waals surface area contributed by atoms with Crippen LogP contribution in [0.2, 0.25) is 0 Å². The monoisotopic (exact) mass is 290 g/mol. The number of hydrogen-bond acceptors (Lipinski definition) is 6. The topological polar surface area (TPSA) is 122 Å². The van der Waals surface area contributed by atoms with Crippen molar-refractivity contribution in [2.24, 2.45) is 0 Å². The minimum absolute atomic E-state index is 0.00231. The molecule has 0 saturated carbocycles. The molecule has 8 nitrogen and oxygen atoms in total. The standard InChI is InChI=1S/C14H10N8/c15-6-11-12(7-16)21(14(17)19-11)8-13-18-9-22(20-13)10-4-2-1-3-5-10/h1-5,9H,8H2,(H2,17,19). The smallest absolute Gasteiger partial charge is 0.202 e. The minimum Gasteiger partial charge on any atom is -0.369 e. The molecule has 0 aliphatic carbocycles. The Morgan fingerprint density at radius 2 is 1.91 bits per heavy atom. The number of nitrogens with two attached hydrogens (primary N) is 1. The second-order valence-corrected chi connectivity index (χ2v) is 4.42. The van der Waals surface area contributed by atoms with Gasteiger partial charge in [0, 0.05) is 0 Å². The molecule has 3 rings (SSSR count). The molecule has 0 unspecified atom stereocenters. The van der Waals surface area contributed by atoms with Crippen molar-refractivity contribution in [1.82, 2.24) is 24.3 Å². The van der Waals surface area contributed by atoms with Crippen LogP contribution in [0.3, 0.4) is 0 Å². The highest BCUT2D eigenvalue weighted by Gasteiger charge is 2.16. The molecule has 0 radical (unpaired) electrons. The van der Waals surface area contributed by atoms with Crippen LogP contribution in [0.25, 0.3) is 5.69 Å². The van der Waals surface area contributed by atoms with Gasteiger partial charge in [0.1, 0.15) is 18.5 Å². The molecule has 106 valence electrons. The van der Waals surface area contributed by atoms with E-state index in [9.17, 15) is 0 Å². The van der Waals surface area contributed by atoms with E-state index in [2.05, 4.69) is 15.1 Å².